The van der Waals surface area contributed by atoms with Crippen molar-refractivity contribution >= 4 is 16.8 Å². The second kappa shape index (κ2) is 7.19. The van der Waals surface area contributed by atoms with Crippen molar-refractivity contribution in [3.05, 3.63) is 69.9 Å². The van der Waals surface area contributed by atoms with Crippen LogP contribution in [0.2, 0.25) is 0 Å². The van der Waals surface area contributed by atoms with Crippen LogP contribution in [0.3, 0.4) is 0 Å². The molecule has 31 heavy (non-hydrogen) atoms. The first-order valence-corrected chi connectivity index (χ1v) is 10.2. The summed E-state index contributed by atoms with van der Waals surface area (Å²) in [7, 11) is 1.84. The summed E-state index contributed by atoms with van der Waals surface area (Å²) in [4.78, 5) is 27.1. The summed E-state index contributed by atoms with van der Waals surface area (Å²) < 4.78 is 4.93. The first-order chi connectivity index (χ1) is 14.9. The molecule has 0 unspecified atom stereocenters. The zero-order valence-corrected chi connectivity index (χ0v) is 17.7. The number of carbonyl (C=O) groups excluding carboxylic acids is 1. The highest BCUT2D eigenvalue weighted by Crippen LogP contribution is 2.24. The molecule has 1 fully saturated rings. The second-order valence-electron chi connectivity index (χ2n) is 8.12. The van der Waals surface area contributed by atoms with E-state index in [1.165, 1.54) is 10.7 Å². The molecule has 3 aromatic heterocycles. The molecule has 0 bridgehead atoms. The van der Waals surface area contributed by atoms with Gasteiger partial charge in [0.1, 0.15) is 0 Å². The van der Waals surface area contributed by atoms with Gasteiger partial charge in [0.25, 0.3) is 11.5 Å². The lowest BCUT2D eigenvalue weighted by Crippen LogP contribution is -2.52. The minimum atomic E-state index is -0.161. The van der Waals surface area contributed by atoms with E-state index in [2.05, 4.69) is 15.3 Å². The summed E-state index contributed by atoms with van der Waals surface area (Å²) in [5.41, 5.74) is 3.09. The van der Waals surface area contributed by atoms with Crippen molar-refractivity contribution in [2.75, 3.05) is 13.1 Å². The molecule has 1 amide bonds. The average Bonchev–Trinajstić information content (AvgIpc) is 3.24. The van der Waals surface area contributed by atoms with E-state index in [1.807, 2.05) is 51.2 Å². The molecule has 1 aliphatic rings. The van der Waals surface area contributed by atoms with E-state index < -0.39 is 0 Å². The second-order valence-corrected chi connectivity index (χ2v) is 8.12. The third-order valence-corrected chi connectivity index (χ3v) is 5.72. The highest BCUT2D eigenvalue weighted by Gasteiger charge is 2.34. The highest BCUT2D eigenvalue weighted by molar-refractivity contribution is 6.05. The zero-order chi connectivity index (χ0) is 21.7. The van der Waals surface area contributed by atoms with E-state index >= 15 is 0 Å². The third kappa shape index (κ3) is 3.31. The van der Waals surface area contributed by atoms with Crippen molar-refractivity contribution in [3.8, 4) is 5.82 Å². The fourth-order valence-corrected chi connectivity index (χ4v) is 4.16. The number of fused-ring (bicyclic) bond motifs is 1. The molecule has 158 valence electrons. The Labute approximate surface area is 178 Å². The third-order valence-electron chi connectivity index (χ3n) is 5.72. The molecule has 0 radical (unpaired) electrons. The number of carbonyl (C=O) groups is 1. The van der Waals surface area contributed by atoms with Crippen molar-refractivity contribution < 1.29 is 4.79 Å². The fourth-order valence-electron chi connectivity index (χ4n) is 4.16. The SMILES string of the molecule is Cc1cc(C)n(-c2ccc(=O)n(CC3CN(C(=O)c4nn(C)c5ccccc45)C3)n2)n1. The summed E-state index contributed by atoms with van der Waals surface area (Å²) in [6.07, 6.45) is 0. The Balaban J connectivity index is 1.30. The minimum Gasteiger partial charge on any atom is -0.336 e. The van der Waals surface area contributed by atoms with Gasteiger partial charge in [-0.05, 0) is 32.0 Å². The van der Waals surface area contributed by atoms with Gasteiger partial charge < -0.3 is 4.90 Å². The summed E-state index contributed by atoms with van der Waals surface area (Å²) in [6.45, 7) is 5.47. The van der Waals surface area contributed by atoms with Gasteiger partial charge in [0.2, 0.25) is 0 Å². The Morgan fingerprint density at radius 1 is 1.06 bits per heavy atom. The molecular weight excluding hydrogens is 394 g/mol. The van der Waals surface area contributed by atoms with Gasteiger partial charge in [0.15, 0.2) is 11.5 Å². The van der Waals surface area contributed by atoms with Gasteiger partial charge in [-0.1, -0.05) is 18.2 Å². The number of nitrogens with zero attached hydrogens (tertiary/aromatic N) is 7. The summed E-state index contributed by atoms with van der Waals surface area (Å²) in [5.74, 6) is 0.696. The molecule has 0 aliphatic carbocycles. The van der Waals surface area contributed by atoms with Crippen LogP contribution < -0.4 is 5.56 Å². The Kier molecular flexibility index (Phi) is 4.46. The number of aromatic nitrogens is 6. The van der Waals surface area contributed by atoms with Crippen molar-refractivity contribution in [2.24, 2.45) is 13.0 Å². The number of likely N-dealkylation sites (tertiary alicyclic amines) is 1. The molecule has 0 N–H and O–H groups in total. The van der Waals surface area contributed by atoms with Crippen LogP contribution in [0.5, 0.6) is 0 Å². The van der Waals surface area contributed by atoms with E-state index in [0.29, 0.717) is 31.1 Å². The van der Waals surface area contributed by atoms with Crippen molar-refractivity contribution in [1.29, 1.82) is 0 Å². The number of amides is 1. The largest absolute Gasteiger partial charge is 0.336 e. The number of aryl methyl sites for hydroxylation is 3. The monoisotopic (exact) mass is 417 g/mol. The predicted molar refractivity (Wildman–Crippen MR) is 115 cm³/mol. The molecule has 5 rings (SSSR count). The van der Waals surface area contributed by atoms with Gasteiger partial charge in [-0.25, -0.2) is 9.36 Å². The van der Waals surface area contributed by atoms with E-state index in [-0.39, 0.29) is 17.4 Å². The molecule has 1 saturated heterocycles. The van der Waals surface area contributed by atoms with Crippen LogP contribution in [0.1, 0.15) is 21.9 Å². The lowest BCUT2D eigenvalue weighted by molar-refractivity contribution is 0.0453. The number of para-hydroxylation sites is 1. The zero-order valence-electron chi connectivity index (χ0n) is 17.7. The quantitative estimate of drug-likeness (QED) is 0.504. The highest BCUT2D eigenvalue weighted by atomic mass is 16.2. The first-order valence-electron chi connectivity index (χ1n) is 10.2. The van der Waals surface area contributed by atoms with Crippen LogP contribution in [0.4, 0.5) is 0 Å². The molecule has 0 atom stereocenters. The van der Waals surface area contributed by atoms with E-state index in [1.54, 1.807) is 20.3 Å². The molecule has 1 aromatic carbocycles. The number of hydrogen-bond donors (Lipinski definition) is 0. The Hall–Kier alpha value is -3.75. The maximum absolute atomic E-state index is 13.0. The van der Waals surface area contributed by atoms with Crippen LogP contribution in [0, 0.1) is 19.8 Å². The van der Waals surface area contributed by atoms with Gasteiger partial charge in [0.05, 0.1) is 17.8 Å². The molecule has 1 aliphatic heterocycles. The van der Waals surface area contributed by atoms with E-state index in [9.17, 15) is 9.59 Å². The fraction of sp³-hybridized carbons (Fsp3) is 0.318. The normalized spacial score (nSPS) is 14.2. The summed E-state index contributed by atoms with van der Waals surface area (Å²) in [5, 5.41) is 14.2. The van der Waals surface area contributed by atoms with E-state index in [4.69, 9.17) is 0 Å². The van der Waals surface area contributed by atoms with Gasteiger partial charge in [-0.15, -0.1) is 5.10 Å². The molecule has 0 spiro atoms. The lowest BCUT2D eigenvalue weighted by atomic mass is 9.99. The Morgan fingerprint density at radius 3 is 2.58 bits per heavy atom. The van der Waals surface area contributed by atoms with Crippen LogP contribution in [0.25, 0.3) is 16.7 Å². The summed E-state index contributed by atoms with van der Waals surface area (Å²) >= 11 is 0. The minimum absolute atomic E-state index is 0.0789. The smallest absolute Gasteiger partial charge is 0.275 e. The maximum atomic E-state index is 13.0. The molecule has 4 aromatic rings. The predicted octanol–water partition coefficient (Wildman–Crippen LogP) is 1.70. The van der Waals surface area contributed by atoms with Crippen LogP contribution in [0.15, 0.2) is 47.3 Å². The molecule has 0 saturated carbocycles. The van der Waals surface area contributed by atoms with Crippen molar-refractivity contribution in [2.45, 2.75) is 20.4 Å². The van der Waals surface area contributed by atoms with Crippen LogP contribution >= 0.6 is 0 Å². The van der Waals surface area contributed by atoms with Gasteiger partial charge in [-0.2, -0.15) is 10.2 Å². The van der Waals surface area contributed by atoms with Gasteiger partial charge in [0, 0.05) is 43.2 Å². The lowest BCUT2D eigenvalue weighted by Gasteiger charge is -2.38. The molecular formula is C22H23N7O2. The van der Waals surface area contributed by atoms with Gasteiger partial charge >= 0.3 is 0 Å². The van der Waals surface area contributed by atoms with E-state index in [0.717, 1.165) is 22.3 Å². The number of hydrogen-bond acceptors (Lipinski definition) is 5. The number of benzene rings is 1. The molecule has 9 heteroatoms. The maximum Gasteiger partial charge on any atom is 0.275 e. The summed E-state index contributed by atoms with van der Waals surface area (Å²) in [6, 6.07) is 12.9. The van der Waals surface area contributed by atoms with Crippen LogP contribution in [-0.2, 0) is 13.6 Å². The molecule has 4 heterocycles. The standard InChI is InChI=1S/C22H23N7O2/c1-14-10-15(2)29(23-14)19-8-9-20(30)28(24-19)13-16-11-27(12-16)22(31)21-17-6-4-5-7-18(17)26(3)25-21/h4-10,16H,11-13H2,1-3H3. The van der Waals surface area contributed by atoms with Crippen molar-refractivity contribution in [1.82, 2.24) is 34.2 Å². The van der Waals surface area contributed by atoms with Gasteiger partial charge in [-0.3, -0.25) is 14.3 Å². The molecule has 9 nitrogen and oxygen atoms in total. The van der Waals surface area contributed by atoms with Crippen LogP contribution in [-0.4, -0.2) is 53.2 Å². The average molecular weight is 417 g/mol. The first kappa shape index (κ1) is 19.2. The Morgan fingerprint density at radius 2 is 1.84 bits per heavy atom. The Bertz CT molecular complexity index is 1360. The number of rotatable bonds is 4. The van der Waals surface area contributed by atoms with Crippen molar-refractivity contribution in [3.63, 3.8) is 0 Å². The topological polar surface area (TPSA) is 90.8 Å².